The van der Waals surface area contributed by atoms with Crippen LogP contribution < -0.4 is 0 Å². The second-order valence-electron chi connectivity index (χ2n) is 4.19. The normalized spacial score (nSPS) is 53.6. The lowest BCUT2D eigenvalue weighted by molar-refractivity contribution is 0.0765. The summed E-state index contributed by atoms with van der Waals surface area (Å²) < 4.78 is 5.46. The number of hydrogen-bond donors (Lipinski definition) is 0. The van der Waals surface area contributed by atoms with Crippen molar-refractivity contribution in [1.82, 2.24) is 0 Å². The summed E-state index contributed by atoms with van der Waals surface area (Å²) in [6.07, 6.45) is 11.2. The predicted octanol–water partition coefficient (Wildman–Crippen LogP) is 2.01. The van der Waals surface area contributed by atoms with E-state index in [2.05, 4.69) is 24.3 Å². The molecule has 64 valence electrons. The summed E-state index contributed by atoms with van der Waals surface area (Å²) in [5.41, 5.74) is 0. The van der Waals surface area contributed by atoms with Gasteiger partial charge in [0.25, 0.3) is 0 Å². The van der Waals surface area contributed by atoms with Crippen molar-refractivity contribution in [2.75, 3.05) is 7.11 Å². The lowest BCUT2D eigenvalue weighted by Crippen LogP contribution is -2.25. The molecule has 0 aliphatic heterocycles. The molecule has 12 heavy (non-hydrogen) atoms. The molecule has 5 atom stereocenters. The largest absolute Gasteiger partial charge is 0.377 e. The maximum atomic E-state index is 5.46. The summed E-state index contributed by atoms with van der Waals surface area (Å²) in [6.45, 7) is 0. The summed E-state index contributed by atoms with van der Waals surface area (Å²) in [5, 5.41) is 0. The van der Waals surface area contributed by atoms with Gasteiger partial charge < -0.3 is 4.74 Å². The number of hydrogen-bond acceptors (Lipinski definition) is 1. The highest BCUT2D eigenvalue weighted by atomic mass is 16.5. The van der Waals surface area contributed by atoms with Crippen LogP contribution in [-0.2, 0) is 4.74 Å². The van der Waals surface area contributed by atoms with Crippen molar-refractivity contribution < 1.29 is 4.74 Å². The van der Waals surface area contributed by atoms with Crippen LogP contribution in [-0.4, -0.2) is 13.2 Å². The van der Waals surface area contributed by atoms with Crippen molar-refractivity contribution >= 4 is 0 Å². The molecule has 0 spiro atoms. The van der Waals surface area contributed by atoms with E-state index in [9.17, 15) is 0 Å². The lowest BCUT2D eigenvalue weighted by Gasteiger charge is -2.24. The van der Waals surface area contributed by atoms with Crippen LogP contribution in [0.5, 0.6) is 0 Å². The molecule has 1 saturated carbocycles. The van der Waals surface area contributed by atoms with Crippen LogP contribution in [0, 0.1) is 23.7 Å². The van der Waals surface area contributed by atoms with Crippen molar-refractivity contribution in [2.45, 2.75) is 12.5 Å². The third-order valence-electron chi connectivity index (χ3n) is 3.76. The van der Waals surface area contributed by atoms with E-state index in [1.807, 2.05) is 7.11 Å². The van der Waals surface area contributed by atoms with Crippen molar-refractivity contribution in [3.8, 4) is 0 Å². The standard InChI is InChI=1S/C11H14O/c1-12-10-5-4-9-7-2-3-8(6-7)11(9)10/h2-5,7-11H,6H2,1H3/t7-,8+,9-,10-,11+/m0/s1. The quantitative estimate of drug-likeness (QED) is 0.536. The molecule has 0 aromatic heterocycles. The van der Waals surface area contributed by atoms with Gasteiger partial charge in [-0.1, -0.05) is 24.3 Å². The van der Waals surface area contributed by atoms with Gasteiger partial charge in [-0.15, -0.1) is 0 Å². The van der Waals surface area contributed by atoms with Crippen molar-refractivity contribution in [3.05, 3.63) is 24.3 Å². The van der Waals surface area contributed by atoms with Crippen LogP contribution >= 0.6 is 0 Å². The zero-order chi connectivity index (χ0) is 8.13. The minimum atomic E-state index is 0.398. The van der Waals surface area contributed by atoms with Gasteiger partial charge in [-0.3, -0.25) is 0 Å². The first-order chi connectivity index (χ1) is 5.90. The molecule has 0 aromatic rings. The van der Waals surface area contributed by atoms with E-state index in [0.29, 0.717) is 6.10 Å². The highest BCUT2D eigenvalue weighted by Crippen LogP contribution is 2.53. The predicted molar refractivity (Wildman–Crippen MR) is 47.7 cm³/mol. The summed E-state index contributed by atoms with van der Waals surface area (Å²) in [5.74, 6) is 3.20. The van der Waals surface area contributed by atoms with Crippen LogP contribution in [0.3, 0.4) is 0 Å². The third-order valence-corrected chi connectivity index (χ3v) is 3.76. The molecule has 0 heterocycles. The number of ether oxygens (including phenoxy) is 1. The fourth-order valence-electron chi connectivity index (χ4n) is 3.23. The number of methoxy groups -OCH3 is 1. The van der Waals surface area contributed by atoms with E-state index in [0.717, 1.165) is 23.7 Å². The maximum Gasteiger partial charge on any atom is 0.0791 e. The van der Waals surface area contributed by atoms with Crippen molar-refractivity contribution in [3.63, 3.8) is 0 Å². The average molecular weight is 162 g/mol. The Kier molecular flexibility index (Phi) is 1.28. The van der Waals surface area contributed by atoms with Crippen LogP contribution in [0.1, 0.15) is 6.42 Å². The molecule has 0 amide bonds. The molecule has 3 aliphatic rings. The molecule has 1 heteroatoms. The van der Waals surface area contributed by atoms with Crippen molar-refractivity contribution in [2.24, 2.45) is 23.7 Å². The second kappa shape index (κ2) is 2.23. The smallest absolute Gasteiger partial charge is 0.0791 e. The minimum absolute atomic E-state index is 0.398. The molecule has 3 aliphatic carbocycles. The average Bonchev–Trinajstić information content (AvgIpc) is 2.76. The molecule has 0 N–H and O–H groups in total. The molecule has 2 bridgehead atoms. The molecule has 0 radical (unpaired) electrons. The van der Waals surface area contributed by atoms with Gasteiger partial charge in [0.1, 0.15) is 0 Å². The fourth-order valence-corrected chi connectivity index (χ4v) is 3.23. The van der Waals surface area contributed by atoms with Crippen LogP contribution in [0.15, 0.2) is 24.3 Å². The zero-order valence-electron chi connectivity index (χ0n) is 7.31. The summed E-state index contributed by atoms with van der Waals surface area (Å²) >= 11 is 0. The van der Waals surface area contributed by atoms with Gasteiger partial charge in [-0.25, -0.2) is 0 Å². The summed E-state index contributed by atoms with van der Waals surface area (Å²) in [7, 11) is 1.83. The highest BCUT2D eigenvalue weighted by Gasteiger charge is 2.48. The van der Waals surface area contributed by atoms with E-state index in [-0.39, 0.29) is 0 Å². The summed E-state index contributed by atoms with van der Waals surface area (Å²) in [6, 6.07) is 0. The number of rotatable bonds is 1. The Morgan fingerprint density at radius 2 is 1.92 bits per heavy atom. The molecule has 0 saturated heterocycles. The Balaban J connectivity index is 1.94. The second-order valence-corrected chi connectivity index (χ2v) is 4.19. The first-order valence-corrected chi connectivity index (χ1v) is 4.79. The van der Waals surface area contributed by atoms with Crippen LogP contribution in [0.25, 0.3) is 0 Å². The molecule has 1 nitrogen and oxygen atoms in total. The van der Waals surface area contributed by atoms with Gasteiger partial charge >= 0.3 is 0 Å². The molecule has 3 rings (SSSR count). The lowest BCUT2D eigenvalue weighted by atomic mass is 9.84. The molecule has 1 fully saturated rings. The third kappa shape index (κ3) is 0.680. The topological polar surface area (TPSA) is 9.23 Å². The number of allylic oxidation sites excluding steroid dienone is 3. The Labute approximate surface area is 73.1 Å². The fraction of sp³-hybridized carbons (Fsp3) is 0.636. The van der Waals surface area contributed by atoms with Gasteiger partial charge in [0, 0.05) is 13.0 Å². The van der Waals surface area contributed by atoms with E-state index in [1.54, 1.807) is 0 Å². The van der Waals surface area contributed by atoms with E-state index >= 15 is 0 Å². The Morgan fingerprint density at radius 3 is 2.75 bits per heavy atom. The van der Waals surface area contributed by atoms with Gasteiger partial charge in [0.15, 0.2) is 0 Å². The molecule has 0 unspecified atom stereocenters. The van der Waals surface area contributed by atoms with Crippen LogP contribution in [0.4, 0.5) is 0 Å². The SMILES string of the molecule is CO[C@H]1C=C[C@@H]2[C@H]1[C@@H]1C=C[C@H]2C1. The molecular formula is C11H14O. The highest BCUT2D eigenvalue weighted by molar-refractivity contribution is 5.24. The Morgan fingerprint density at radius 1 is 1.08 bits per heavy atom. The minimum Gasteiger partial charge on any atom is -0.377 e. The Hall–Kier alpha value is -0.560. The first kappa shape index (κ1) is 6.90. The van der Waals surface area contributed by atoms with Gasteiger partial charge in [-0.2, -0.15) is 0 Å². The molecular weight excluding hydrogens is 148 g/mol. The Bertz CT molecular complexity index is 254. The van der Waals surface area contributed by atoms with Gasteiger partial charge in [0.05, 0.1) is 6.10 Å². The maximum absolute atomic E-state index is 5.46. The van der Waals surface area contributed by atoms with Crippen molar-refractivity contribution in [1.29, 1.82) is 0 Å². The van der Waals surface area contributed by atoms with Crippen LogP contribution in [0.2, 0.25) is 0 Å². The van der Waals surface area contributed by atoms with E-state index in [4.69, 9.17) is 4.74 Å². The first-order valence-electron chi connectivity index (χ1n) is 4.79. The molecule has 0 aromatic carbocycles. The van der Waals surface area contributed by atoms with Gasteiger partial charge in [0.2, 0.25) is 0 Å². The summed E-state index contributed by atoms with van der Waals surface area (Å²) in [4.78, 5) is 0. The van der Waals surface area contributed by atoms with Gasteiger partial charge in [-0.05, 0) is 24.2 Å². The number of fused-ring (bicyclic) bond motifs is 5. The monoisotopic (exact) mass is 162 g/mol. The van der Waals surface area contributed by atoms with E-state index < -0.39 is 0 Å². The zero-order valence-corrected chi connectivity index (χ0v) is 7.31. The van der Waals surface area contributed by atoms with E-state index in [1.165, 1.54) is 6.42 Å².